The van der Waals surface area contributed by atoms with Crippen LogP contribution in [0.1, 0.15) is 41.1 Å². The van der Waals surface area contributed by atoms with Gasteiger partial charge in [-0.05, 0) is 42.7 Å². The van der Waals surface area contributed by atoms with Crippen LogP contribution < -0.4 is 5.63 Å². The maximum Gasteiger partial charge on any atom is 0.349 e. The van der Waals surface area contributed by atoms with Gasteiger partial charge in [-0.3, -0.25) is 4.79 Å². The molecule has 3 aromatic rings. The number of hydrogen-bond donors (Lipinski definition) is 0. The fourth-order valence-electron chi connectivity index (χ4n) is 3.71. The third kappa shape index (κ3) is 3.63. The average molecular weight is 365 g/mol. The van der Waals surface area contributed by atoms with Gasteiger partial charge < -0.3 is 9.32 Å². The molecule has 0 radical (unpaired) electrons. The summed E-state index contributed by atoms with van der Waals surface area (Å²) in [5, 5.41) is 0.727. The van der Waals surface area contributed by atoms with E-state index in [1.165, 1.54) is 12.1 Å². The predicted molar refractivity (Wildman–Crippen MR) is 101 cm³/mol. The lowest BCUT2D eigenvalue weighted by Crippen LogP contribution is -2.36. The molecule has 27 heavy (non-hydrogen) atoms. The molecule has 1 fully saturated rings. The summed E-state index contributed by atoms with van der Waals surface area (Å²) in [6.07, 6.45) is 2.79. The van der Waals surface area contributed by atoms with Crippen molar-refractivity contribution in [3.8, 4) is 0 Å². The minimum Gasteiger partial charge on any atom is -0.422 e. The largest absolute Gasteiger partial charge is 0.422 e. The summed E-state index contributed by atoms with van der Waals surface area (Å²) in [7, 11) is 0. The van der Waals surface area contributed by atoms with Crippen LogP contribution in [0.5, 0.6) is 0 Å². The van der Waals surface area contributed by atoms with E-state index in [0.29, 0.717) is 18.7 Å². The quantitative estimate of drug-likeness (QED) is 0.635. The van der Waals surface area contributed by atoms with Gasteiger partial charge in [-0.25, -0.2) is 9.18 Å². The van der Waals surface area contributed by atoms with Gasteiger partial charge in [0.05, 0.1) is 0 Å². The molecule has 1 amide bonds. The third-order valence-electron chi connectivity index (χ3n) is 5.17. The van der Waals surface area contributed by atoms with E-state index in [1.807, 2.05) is 12.1 Å². The van der Waals surface area contributed by atoms with Crippen LogP contribution in [0.25, 0.3) is 11.0 Å². The van der Waals surface area contributed by atoms with Crippen molar-refractivity contribution in [3.05, 3.63) is 82.0 Å². The Labute approximate surface area is 156 Å². The van der Waals surface area contributed by atoms with Crippen molar-refractivity contribution in [2.24, 2.45) is 0 Å². The number of halogens is 1. The highest BCUT2D eigenvalue weighted by Gasteiger charge is 2.26. The van der Waals surface area contributed by atoms with Crippen molar-refractivity contribution in [2.75, 3.05) is 13.1 Å². The zero-order valence-corrected chi connectivity index (χ0v) is 14.9. The number of fused-ring (bicyclic) bond motifs is 1. The summed E-state index contributed by atoms with van der Waals surface area (Å²) < 4.78 is 18.5. The Morgan fingerprint density at radius 3 is 2.67 bits per heavy atom. The maximum absolute atomic E-state index is 13.2. The first-order chi connectivity index (χ1) is 13.1. The lowest BCUT2D eigenvalue weighted by atomic mass is 9.94. The Kier molecular flexibility index (Phi) is 4.75. The summed E-state index contributed by atoms with van der Waals surface area (Å²) in [5.41, 5.74) is 0.940. The van der Waals surface area contributed by atoms with E-state index in [2.05, 4.69) is 0 Å². The highest BCUT2D eigenvalue weighted by Crippen LogP contribution is 2.27. The van der Waals surface area contributed by atoms with Crippen molar-refractivity contribution >= 4 is 16.9 Å². The molecule has 1 saturated heterocycles. The number of carbonyl (C=O) groups is 1. The van der Waals surface area contributed by atoms with E-state index in [9.17, 15) is 14.0 Å². The maximum atomic E-state index is 13.2. The first-order valence-electron chi connectivity index (χ1n) is 9.19. The summed E-state index contributed by atoms with van der Waals surface area (Å²) in [4.78, 5) is 27.1. The molecule has 2 aromatic carbocycles. The molecular weight excluding hydrogens is 345 g/mol. The highest BCUT2D eigenvalue weighted by atomic mass is 19.1. The number of amides is 1. The van der Waals surface area contributed by atoms with Crippen molar-refractivity contribution in [1.29, 1.82) is 0 Å². The summed E-state index contributed by atoms with van der Waals surface area (Å²) in [6.45, 7) is 1.11. The molecule has 138 valence electrons. The number of benzene rings is 2. The number of likely N-dealkylation sites (tertiary alicyclic amines) is 1. The van der Waals surface area contributed by atoms with Gasteiger partial charge in [-0.1, -0.05) is 36.8 Å². The Hall–Kier alpha value is -2.95. The van der Waals surface area contributed by atoms with Crippen LogP contribution in [0.2, 0.25) is 0 Å². The van der Waals surface area contributed by atoms with Crippen molar-refractivity contribution in [1.82, 2.24) is 4.90 Å². The topological polar surface area (TPSA) is 50.5 Å². The van der Waals surface area contributed by atoms with E-state index in [0.717, 1.165) is 30.2 Å². The fraction of sp³-hybridized carbons (Fsp3) is 0.273. The first kappa shape index (κ1) is 17.5. The standard InChI is InChI=1S/C22H20FNO3/c23-18-10-8-15(9-11-18)17-6-3-4-12-24(14-17)21(25)19-13-16-5-1-2-7-20(16)27-22(19)26/h1-2,5,7-11,13,17H,3-4,6,12,14H2. The molecule has 5 heteroatoms. The van der Waals surface area contributed by atoms with Crippen LogP contribution in [-0.4, -0.2) is 23.9 Å². The third-order valence-corrected chi connectivity index (χ3v) is 5.17. The van der Waals surface area contributed by atoms with E-state index in [4.69, 9.17) is 4.42 Å². The molecule has 0 N–H and O–H groups in total. The molecule has 1 atom stereocenters. The SMILES string of the molecule is O=C(c1cc2ccccc2oc1=O)N1CCCCC(c2ccc(F)cc2)C1. The number of rotatable bonds is 2. The lowest BCUT2D eigenvalue weighted by molar-refractivity contribution is 0.0750. The van der Waals surface area contributed by atoms with Crippen LogP contribution >= 0.6 is 0 Å². The first-order valence-corrected chi connectivity index (χ1v) is 9.19. The van der Waals surface area contributed by atoms with E-state index in [1.54, 1.807) is 35.2 Å². The van der Waals surface area contributed by atoms with Crippen LogP contribution in [0.4, 0.5) is 4.39 Å². The minimum absolute atomic E-state index is 0.0634. The zero-order chi connectivity index (χ0) is 18.8. The van der Waals surface area contributed by atoms with Gasteiger partial charge in [0.25, 0.3) is 5.91 Å². The fourth-order valence-corrected chi connectivity index (χ4v) is 3.71. The molecule has 0 bridgehead atoms. The molecule has 0 aliphatic carbocycles. The Bertz CT molecular complexity index is 1030. The van der Waals surface area contributed by atoms with E-state index < -0.39 is 5.63 Å². The van der Waals surface area contributed by atoms with Gasteiger partial charge in [0, 0.05) is 24.4 Å². The van der Waals surface area contributed by atoms with Gasteiger partial charge >= 0.3 is 5.63 Å². The van der Waals surface area contributed by atoms with Gasteiger partial charge in [0.2, 0.25) is 0 Å². The second-order valence-electron chi connectivity index (χ2n) is 6.98. The van der Waals surface area contributed by atoms with Crippen LogP contribution in [0.15, 0.2) is 63.8 Å². The second kappa shape index (κ2) is 7.35. The Balaban J connectivity index is 1.63. The molecule has 1 unspecified atom stereocenters. The molecule has 4 nitrogen and oxygen atoms in total. The normalized spacial score (nSPS) is 17.7. The molecule has 1 aromatic heterocycles. The van der Waals surface area contributed by atoms with Crippen molar-refractivity contribution in [2.45, 2.75) is 25.2 Å². The highest BCUT2D eigenvalue weighted by molar-refractivity contribution is 5.96. The number of para-hydroxylation sites is 1. The van der Waals surface area contributed by atoms with Crippen LogP contribution in [0.3, 0.4) is 0 Å². The monoisotopic (exact) mass is 365 g/mol. The smallest absolute Gasteiger partial charge is 0.349 e. The van der Waals surface area contributed by atoms with Crippen molar-refractivity contribution < 1.29 is 13.6 Å². The second-order valence-corrected chi connectivity index (χ2v) is 6.98. The van der Waals surface area contributed by atoms with E-state index >= 15 is 0 Å². The Morgan fingerprint density at radius 1 is 1.07 bits per heavy atom. The summed E-state index contributed by atoms with van der Waals surface area (Å²) in [6, 6.07) is 15.2. The van der Waals surface area contributed by atoms with Gasteiger partial charge in [-0.2, -0.15) is 0 Å². The van der Waals surface area contributed by atoms with Crippen molar-refractivity contribution in [3.63, 3.8) is 0 Å². The minimum atomic E-state index is -0.610. The Morgan fingerprint density at radius 2 is 1.85 bits per heavy atom. The van der Waals surface area contributed by atoms with E-state index in [-0.39, 0.29) is 23.2 Å². The van der Waals surface area contributed by atoms with Crippen LogP contribution in [-0.2, 0) is 0 Å². The number of hydrogen-bond acceptors (Lipinski definition) is 3. The predicted octanol–water partition coefficient (Wildman–Crippen LogP) is 4.34. The lowest BCUT2D eigenvalue weighted by Gasteiger charge is -2.24. The summed E-state index contributed by atoms with van der Waals surface area (Å²) >= 11 is 0. The van der Waals surface area contributed by atoms with Gasteiger partial charge in [0.1, 0.15) is 17.0 Å². The molecule has 1 aliphatic heterocycles. The zero-order valence-electron chi connectivity index (χ0n) is 14.9. The number of carbonyl (C=O) groups excluding carboxylic acids is 1. The molecule has 2 heterocycles. The van der Waals surface area contributed by atoms with Crippen LogP contribution in [0, 0.1) is 5.82 Å². The van der Waals surface area contributed by atoms with Gasteiger partial charge in [0.15, 0.2) is 0 Å². The molecule has 0 spiro atoms. The average Bonchev–Trinajstić information content (AvgIpc) is 2.94. The molecule has 1 aliphatic rings. The molecular formula is C22H20FNO3. The molecule has 4 rings (SSSR count). The van der Waals surface area contributed by atoms with Gasteiger partial charge in [-0.15, -0.1) is 0 Å². The summed E-state index contributed by atoms with van der Waals surface area (Å²) in [5.74, 6) is -0.442. The molecule has 0 saturated carbocycles. The number of nitrogens with zero attached hydrogens (tertiary/aromatic N) is 1.